The van der Waals surface area contributed by atoms with Crippen molar-refractivity contribution < 1.29 is 0 Å². The predicted octanol–water partition coefficient (Wildman–Crippen LogP) is 14.1. The quantitative estimate of drug-likeness (QED) is 0.163. The summed E-state index contributed by atoms with van der Waals surface area (Å²) >= 11 is 0. The Morgan fingerprint density at radius 1 is 0.322 bits per heavy atom. The summed E-state index contributed by atoms with van der Waals surface area (Å²) < 4.78 is 2.39. The summed E-state index contributed by atoms with van der Waals surface area (Å²) in [5, 5.41) is 3.40. The van der Waals surface area contributed by atoms with Crippen molar-refractivity contribution in [1.29, 1.82) is 0 Å². The van der Waals surface area contributed by atoms with Crippen LogP contribution in [0.4, 0.5) is 0 Å². The van der Waals surface area contributed by atoms with Gasteiger partial charge in [-0.05, 0) is 58.7 Å². The Hall–Kier alpha value is -7.95. The van der Waals surface area contributed by atoms with Crippen molar-refractivity contribution in [2.75, 3.05) is 0 Å². The van der Waals surface area contributed by atoms with Crippen LogP contribution in [0, 0.1) is 0 Å². The van der Waals surface area contributed by atoms with E-state index in [1.165, 1.54) is 11.1 Å². The Morgan fingerprint density at radius 2 is 0.814 bits per heavy atom. The van der Waals surface area contributed by atoms with E-state index in [9.17, 15) is 0 Å². The van der Waals surface area contributed by atoms with Crippen LogP contribution in [0.1, 0.15) is 0 Å². The first-order valence-corrected chi connectivity index (χ1v) is 19.9. The Balaban J connectivity index is 1.09. The number of fused-ring (bicyclic) bond motifs is 5. The van der Waals surface area contributed by atoms with Gasteiger partial charge in [0.25, 0.3) is 0 Å². The number of para-hydroxylation sites is 3. The molecule has 3 aromatic heterocycles. The van der Waals surface area contributed by atoms with Crippen LogP contribution < -0.4 is 0 Å². The Labute approximate surface area is 342 Å². The number of benzene rings is 8. The predicted molar refractivity (Wildman–Crippen MR) is 244 cm³/mol. The fraction of sp³-hybridized carbons (Fsp3) is 0. The molecule has 0 amide bonds. The highest BCUT2D eigenvalue weighted by Crippen LogP contribution is 2.42. The Kier molecular flexibility index (Phi) is 8.45. The van der Waals surface area contributed by atoms with Gasteiger partial charge in [0.2, 0.25) is 0 Å². The van der Waals surface area contributed by atoms with Crippen LogP contribution in [-0.2, 0) is 0 Å². The lowest BCUT2D eigenvalue weighted by atomic mass is 9.98. The molecule has 0 spiro atoms. The molecule has 11 rings (SSSR count). The van der Waals surface area contributed by atoms with Crippen LogP contribution in [0.2, 0.25) is 0 Å². The Bertz CT molecular complexity index is 3180. The van der Waals surface area contributed by atoms with Gasteiger partial charge in [0, 0.05) is 44.1 Å². The van der Waals surface area contributed by atoms with Gasteiger partial charge in [0.1, 0.15) is 0 Å². The van der Waals surface area contributed by atoms with Gasteiger partial charge in [0.05, 0.1) is 33.6 Å². The van der Waals surface area contributed by atoms with Crippen molar-refractivity contribution in [3.8, 4) is 73.1 Å². The molecule has 4 nitrogen and oxygen atoms in total. The third-order valence-electron chi connectivity index (χ3n) is 11.2. The number of aromatic nitrogens is 4. The second kappa shape index (κ2) is 14.5. The van der Waals surface area contributed by atoms with Gasteiger partial charge < -0.3 is 4.57 Å². The molecule has 0 radical (unpaired) electrons. The lowest BCUT2D eigenvalue weighted by Crippen LogP contribution is -1.97. The van der Waals surface area contributed by atoms with E-state index in [0.717, 1.165) is 88.9 Å². The van der Waals surface area contributed by atoms with E-state index in [0.29, 0.717) is 5.82 Å². The maximum absolute atomic E-state index is 5.42. The van der Waals surface area contributed by atoms with Crippen LogP contribution in [0.3, 0.4) is 0 Å². The average Bonchev–Trinajstić information content (AvgIpc) is 3.68. The number of hydrogen-bond donors (Lipinski definition) is 0. The topological polar surface area (TPSA) is 43.6 Å². The molecule has 3 heterocycles. The maximum atomic E-state index is 5.42. The molecule has 0 atom stereocenters. The molecule has 0 fully saturated rings. The molecule has 4 heteroatoms. The van der Waals surface area contributed by atoms with Gasteiger partial charge in [-0.15, -0.1) is 0 Å². The highest BCUT2D eigenvalue weighted by Gasteiger charge is 2.21. The minimum atomic E-state index is 0.673. The van der Waals surface area contributed by atoms with Crippen LogP contribution >= 0.6 is 0 Å². The first-order valence-electron chi connectivity index (χ1n) is 19.9. The number of pyridine rings is 1. The molecule has 0 N–H and O–H groups in total. The molecule has 0 bridgehead atoms. The zero-order chi connectivity index (χ0) is 39.1. The van der Waals surface area contributed by atoms with E-state index in [2.05, 4.69) is 211 Å². The molecule has 276 valence electrons. The molecule has 0 aliphatic carbocycles. The molecule has 0 unspecified atom stereocenters. The molecule has 8 aromatic carbocycles. The fourth-order valence-corrected chi connectivity index (χ4v) is 8.34. The second-order valence-electron chi connectivity index (χ2n) is 14.8. The number of nitrogens with zero attached hydrogens (tertiary/aromatic N) is 4. The molecule has 59 heavy (non-hydrogen) atoms. The van der Waals surface area contributed by atoms with Crippen molar-refractivity contribution in [1.82, 2.24) is 19.5 Å². The minimum Gasteiger partial charge on any atom is -0.308 e. The first-order chi connectivity index (χ1) is 29.2. The van der Waals surface area contributed by atoms with E-state index in [1.807, 2.05) is 12.1 Å². The SMILES string of the molecule is c1ccc(-c2ccc(-c3cc(-c4cccc(-c5nc6ccccc6c6c5c5ccccc5n6-c5ccccc5)c4)nc(-c4ccc(-c5ccccc5)cc4)n3)cc2)cc1. The van der Waals surface area contributed by atoms with Gasteiger partial charge in [-0.3, -0.25) is 0 Å². The normalized spacial score (nSPS) is 11.4. The summed E-state index contributed by atoms with van der Waals surface area (Å²) in [6, 6.07) is 76.7. The van der Waals surface area contributed by atoms with Gasteiger partial charge in [-0.1, -0.05) is 182 Å². The molecule has 0 aliphatic rings. The third-order valence-corrected chi connectivity index (χ3v) is 11.2. The summed E-state index contributed by atoms with van der Waals surface area (Å²) in [6.07, 6.45) is 0. The van der Waals surface area contributed by atoms with Crippen molar-refractivity contribution in [2.45, 2.75) is 0 Å². The van der Waals surface area contributed by atoms with E-state index < -0.39 is 0 Å². The molecule has 11 aromatic rings. The van der Waals surface area contributed by atoms with E-state index in [-0.39, 0.29) is 0 Å². The van der Waals surface area contributed by atoms with Crippen molar-refractivity contribution in [3.63, 3.8) is 0 Å². The second-order valence-corrected chi connectivity index (χ2v) is 14.8. The fourth-order valence-electron chi connectivity index (χ4n) is 8.34. The summed E-state index contributed by atoms with van der Waals surface area (Å²) in [5.74, 6) is 0.673. The lowest BCUT2D eigenvalue weighted by molar-refractivity contribution is 1.18. The molecule has 0 saturated heterocycles. The van der Waals surface area contributed by atoms with E-state index in [4.69, 9.17) is 15.0 Å². The van der Waals surface area contributed by atoms with Crippen molar-refractivity contribution in [2.24, 2.45) is 0 Å². The van der Waals surface area contributed by atoms with Crippen LogP contribution in [0.25, 0.3) is 106 Å². The standard InChI is InChI=1S/C55H36N4/c1-4-15-37(16-5-1)39-27-31-41(32-28-39)49-36-50(58-55(57-49)42-33-29-40(30-34-42)38-17-6-2-7-18-38)43-19-14-20-44(35-43)53-52-47-24-11-13-26-51(47)59(45-21-8-3-9-22-45)54(52)46-23-10-12-25-48(46)56-53/h1-36H. The lowest BCUT2D eigenvalue weighted by Gasteiger charge is -2.13. The minimum absolute atomic E-state index is 0.673. The average molecular weight is 753 g/mol. The van der Waals surface area contributed by atoms with Crippen LogP contribution in [-0.4, -0.2) is 19.5 Å². The highest BCUT2D eigenvalue weighted by molar-refractivity contribution is 6.22. The largest absolute Gasteiger partial charge is 0.308 e. The summed E-state index contributed by atoms with van der Waals surface area (Å²) in [6.45, 7) is 0. The number of rotatable bonds is 7. The van der Waals surface area contributed by atoms with Gasteiger partial charge in [0.15, 0.2) is 5.82 Å². The van der Waals surface area contributed by atoms with Crippen LogP contribution in [0.15, 0.2) is 218 Å². The molecule has 0 saturated carbocycles. The zero-order valence-electron chi connectivity index (χ0n) is 32.1. The first kappa shape index (κ1) is 34.3. The summed E-state index contributed by atoms with van der Waals surface area (Å²) in [7, 11) is 0. The van der Waals surface area contributed by atoms with Gasteiger partial charge >= 0.3 is 0 Å². The third kappa shape index (κ3) is 6.24. The molecular weight excluding hydrogens is 717 g/mol. The monoisotopic (exact) mass is 752 g/mol. The van der Waals surface area contributed by atoms with E-state index in [1.54, 1.807) is 0 Å². The summed E-state index contributed by atoms with van der Waals surface area (Å²) in [4.78, 5) is 15.9. The van der Waals surface area contributed by atoms with Gasteiger partial charge in [-0.25, -0.2) is 15.0 Å². The highest BCUT2D eigenvalue weighted by atomic mass is 15.0. The zero-order valence-corrected chi connectivity index (χ0v) is 32.1. The Morgan fingerprint density at radius 3 is 1.49 bits per heavy atom. The van der Waals surface area contributed by atoms with Crippen molar-refractivity contribution in [3.05, 3.63) is 218 Å². The number of hydrogen-bond acceptors (Lipinski definition) is 3. The summed E-state index contributed by atoms with van der Waals surface area (Å²) in [5.41, 5.74) is 15.7. The van der Waals surface area contributed by atoms with Gasteiger partial charge in [-0.2, -0.15) is 0 Å². The molecule has 0 aliphatic heterocycles. The molecular formula is C55H36N4. The van der Waals surface area contributed by atoms with E-state index >= 15 is 0 Å². The van der Waals surface area contributed by atoms with Crippen LogP contribution in [0.5, 0.6) is 0 Å². The van der Waals surface area contributed by atoms with Crippen molar-refractivity contribution >= 4 is 32.7 Å². The smallest absolute Gasteiger partial charge is 0.160 e. The maximum Gasteiger partial charge on any atom is 0.160 e.